The van der Waals surface area contributed by atoms with Crippen LogP contribution in [-0.2, 0) is 6.54 Å². The lowest BCUT2D eigenvalue weighted by Crippen LogP contribution is -2.44. The van der Waals surface area contributed by atoms with E-state index in [-0.39, 0.29) is 11.9 Å². The molecule has 25 heavy (non-hydrogen) atoms. The maximum Gasteiger partial charge on any atom is 0.251 e. The highest BCUT2D eigenvalue weighted by atomic mass is 32.1. The minimum absolute atomic E-state index is 0.0106. The van der Waals surface area contributed by atoms with Gasteiger partial charge in [0.05, 0.1) is 15.7 Å². The zero-order chi connectivity index (χ0) is 17.1. The summed E-state index contributed by atoms with van der Waals surface area (Å²) in [6, 6.07) is 16.6. The molecule has 4 rings (SSSR count). The number of carbonyl (C=O) groups is 1. The number of fused-ring (bicyclic) bond motifs is 1. The smallest absolute Gasteiger partial charge is 0.251 e. The monoisotopic (exact) mass is 351 g/mol. The molecule has 1 aliphatic heterocycles. The highest BCUT2D eigenvalue weighted by Gasteiger charge is 2.21. The van der Waals surface area contributed by atoms with Crippen molar-refractivity contribution in [3.63, 3.8) is 0 Å². The number of carbonyl (C=O) groups excluding carboxylic acids is 1. The van der Waals surface area contributed by atoms with Crippen LogP contribution < -0.4 is 5.32 Å². The zero-order valence-corrected chi connectivity index (χ0v) is 14.8. The van der Waals surface area contributed by atoms with Gasteiger partial charge in [0.25, 0.3) is 5.91 Å². The van der Waals surface area contributed by atoms with E-state index >= 15 is 0 Å². The van der Waals surface area contributed by atoms with Gasteiger partial charge in [-0.1, -0.05) is 30.3 Å². The van der Waals surface area contributed by atoms with Crippen molar-refractivity contribution in [1.29, 1.82) is 0 Å². The number of amides is 1. The molecule has 0 radical (unpaired) electrons. The number of thiazole rings is 1. The molecule has 1 saturated heterocycles. The van der Waals surface area contributed by atoms with Gasteiger partial charge in [0.2, 0.25) is 0 Å². The van der Waals surface area contributed by atoms with Crippen LogP contribution in [0.25, 0.3) is 10.2 Å². The van der Waals surface area contributed by atoms with Crippen LogP contribution in [-0.4, -0.2) is 34.9 Å². The van der Waals surface area contributed by atoms with Crippen LogP contribution >= 0.6 is 11.3 Å². The molecule has 0 spiro atoms. The number of nitrogens with one attached hydrogen (secondary N) is 1. The standard InChI is InChI=1S/C20H21N3OS/c24-20(16-6-7-19-18(12-16)21-14-25-19)22-17-8-10-23(11-9-17)13-15-4-2-1-3-5-15/h1-7,12,14,17H,8-11,13H2,(H,22,24). The number of rotatable bonds is 4. The van der Waals surface area contributed by atoms with Crippen LogP contribution in [0.15, 0.2) is 54.0 Å². The summed E-state index contributed by atoms with van der Waals surface area (Å²) < 4.78 is 1.12. The van der Waals surface area contributed by atoms with E-state index in [1.54, 1.807) is 11.3 Å². The first kappa shape index (κ1) is 16.2. The third-order valence-corrected chi connectivity index (χ3v) is 5.57. The second-order valence-electron chi connectivity index (χ2n) is 6.54. The molecule has 1 fully saturated rings. The van der Waals surface area contributed by atoms with Gasteiger partial charge in [0, 0.05) is 31.2 Å². The van der Waals surface area contributed by atoms with Crippen molar-refractivity contribution in [2.24, 2.45) is 0 Å². The Labute approximate surface area is 151 Å². The Morgan fingerprint density at radius 3 is 2.76 bits per heavy atom. The van der Waals surface area contributed by atoms with Crippen molar-refractivity contribution in [1.82, 2.24) is 15.2 Å². The van der Waals surface area contributed by atoms with Gasteiger partial charge in [-0.2, -0.15) is 0 Å². The summed E-state index contributed by atoms with van der Waals surface area (Å²) in [6.45, 7) is 3.03. The summed E-state index contributed by atoms with van der Waals surface area (Å²) in [4.78, 5) is 19.2. The molecule has 2 aromatic carbocycles. The summed E-state index contributed by atoms with van der Waals surface area (Å²) in [6.07, 6.45) is 2.00. The largest absolute Gasteiger partial charge is 0.349 e. The van der Waals surface area contributed by atoms with Crippen LogP contribution in [0.3, 0.4) is 0 Å². The average Bonchev–Trinajstić information content (AvgIpc) is 3.12. The second-order valence-corrected chi connectivity index (χ2v) is 7.43. The molecule has 1 aromatic heterocycles. The summed E-state index contributed by atoms with van der Waals surface area (Å²) >= 11 is 1.60. The van der Waals surface area contributed by atoms with E-state index in [0.717, 1.165) is 42.7 Å². The predicted octanol–water partition coefficient (Wildman–Crippen LogP) is 3.69. The van der Waals surface area contributed by atoms with E-state index < -0.39 is 0 Å². The van der Waals surface area contributed by atoms with Gasteiger partial charge in [-0.15, -0.1) is 11.3 Å². The molecule has 2 heterocycles. The molecule has 0 aliphatic carbocycles. The summed E-state index contributed by atoms with van der Waals surface area (Å²) in [7, 11) is 0. The van der Waals surface area contributed by atoms with Crippen molar-refractivity contribution in [3.8, 4) is 0 Å². The molecule has 0 bridgehead atoms. The van der Waals surface area contributed by atoms with Crippen LogP contribution in [0.2, 0.25) is 0 Å². The maximum absolute atomic E-state index is 12.5. The first-order valence-corrected chi connectivity index (χ1v) is 9.56. The van der Waals surface area contributed by atoms with Crippen molar-refractivity contribution in [2.45, 2.75) is 25.4 Å². The van der Waals surface area contributed by atoms with Crippen LogP contribution in [0.1, 0.15) is 28.8 Å². The lowest BCUT2D eigenvalue weighted by molar-refractivity contribution is 0.0909. The summed E-state index contributed by atoms with van der Waals surface area (Å²) in [5, 5.41) is 3.19. The number of piperidine rings is 1. The first-order chi connectivity index (χ1) is 12.3. The molecule has 0 saturated carbocycles. The van der Waals surface area contributed by atoms with E-state index in [0.29, 0.717) is 5.56 Å². The minimum atomic E-state index is 0.0106. The van der Waals surface area contributed by atoms with Crippen molar-refractivity contribution < 1.29 is 4.79 Å². The van der Waals surface area contributed by atoms with Gasteiger partial charge in [-0.05, 0) is 36.6 Å². The molecule has 5 heteroatoms. The Balaban J connectivity index is 1.31. The first-order valence-electron chi connectivity index (χ1n) is 8.68. The van der Waals surface area contributed by atoms with Crippen LogP contribution in [0.4, 0.5) is 0 Å². The Morgan fingerprint density at radius 1 is 1.16 bits per heavy atom. The molecule has 128 valence electrons. The van der Waals surface area contributed by atoms with Crippen molar-refractivity contribution in [2.75, 3.05) is 13.1 Å². The second kappa shape index (κ2) is 7.33. The average molecular weight is 351 g/mol. The fraction of sp³-hybridized carbons (Fsp3) is 0.300. The lowest BCUT2D eigenvalue weighted by atomic mass is 10.0. The Bertz CT molecular complexity index is 854. The van der Waals surface area contributed by atoms with E-state index in [9.17, 15) is 4.79 Å². The molecule has 1 aliphatic rings. The third-order valence-electron chi connectivity index (χ3n) is 4.76. The van der Waals surface area contributed by atoms with Gasteiger partial charge in [-0.3, -0.25) is 9.69 Å². The number of likely N-dealkylation sites (tertiary alicyclic amines) is 1. The SMILES string of the molecule is O=C(NC1CCN(Cc2ccccc2)CC1)c1ccc2scnc2c1. The molecular formula is C20H21N3OS. The number of hydrogen-bond acceptors (Lipinski definition) is 4. The van der Waals surface area contributed by atoms with Gasteiger partial charge in [0.15, 0.2) is 0 Å². The molecule has 4 nitrogen and oxygen atoms in total. The molecule has 1 N–H and O–H groups in total. The fourth-order valence-electron chi connectivity index (χ4n) is 3.34. The normalized spacial score (nSPS) is 16.2. The maximum atomic E-state index is 12.5. The van der Waals surface area contributed by atoms with E-state index in [1.165, 1.54) is 5.56 Å². The van der Waals surface area contributed by atoms with E-state index in [4.69, 9.17) is 0 Å². The highest BCUT2D eigenvalue weighted by Crippen LogP contribution is 2.19. The van der Waals surface area contributed by atoms with Crippen LogP contribution in [0, 0.1) is 0 Å². The van der Waals surface area contributed by atoms with E-state index in [2.05, 4.69) is 39.5 Å². The molecule has 3 aromatic rings. The van der Waals surface area contributed by atoms with E-state index in [1.807, 2.05) is 29.8 Å². The highest BCUT2D eigenvalue weighted by molar-refractivity contribution is 7.16. The van der Waals surface area contributed by atoms with Crippen molar-refractivity contribution in [3.05, 3.63) is 65.2 Å². The van der Waals surface area contributed by atoms with Gasteiger partial charge in [-0.25, -0.2) is 4.98 Å². The molecule has 0 unspecified atom stereocenters. The van der Waals surface area contributed by atoms with Gasteiger partial charge < -0.3 is 5.32 Å². The molecule has 0 atom stereocenters. The van der Waals surface area contributed by atoms with Crippen LogP contribution in [0.5, 0.6) is 0 Å². The molecular weight excluding hydrogens is 330 g/mol. The Hall–Kier alpha value is -2.24. The van der Waals surface area contributed by atoms with Gasteiger partial charge in [0.1, 0.15) is 0 Å². The molecule has 1 amide bonds. The summed E-state index contributed by atoms with van der Waals surface area (Å²) in [5.41, 5.74) is 4.76. The summed E-state index contributed by atoms with van der Waals surface area (Å²) in [5.74, 6) is 0.0106. The number of nitrogens with zero attached hydrogens (tertiary/aromatic N) is 2. The zero-order valence-electron chi connectivity index (χ0n) is 14.0. The lowest BCUT2D eigenvalue weighted by Gasteiger charge is -2.32. The number of aromatic nitrogens is 1. The Morgan fingerprint density at radius 2 is 1.96 bits per heavy atom. The quantitative estimate of drug-likeness (QED) is 0.780. The predicted molar refractivity (Wildman–Crippen MR) is 102 cm³/mol. The van der Waals surface area contributed by atoms with Gasteiger partial charge >= 0.3 is 0 Å². The topological polar surface area (TPSA) is 45.2 Å². The van der Waals surface area contributed by atoms with Crippen molar-refractivity contribution >= 4 is 27.5 Å². The minimum Gasteiger partial charge on any atom is -0.349 e. The number of hydrogen-bond donors (Lipinski definition) is 1. The Kier molecular flexibility index (Phi) is 4.76. The fourth-order valence-corrected chi connectivity index (χ4v) is 4.00. The number of benzene rings is 2. The third kappa shape index (κ3) is 3.89.